The minimum atomic E-state index is -0.0774. The van der Waals surface area contributed by atoms with Gasteiger partial charge in [-0.2, -0.15) is 5.10 Å². The Morgan fingerprint density at radius 1 is 1.56 bits per heavy atom. The van der Waals surface area contributed by atoms with Crippen molar-refractivity contribution >= 4 is 23.0 Å². The lowest BCUT2D eigenvalue weighted by Crippen LogP contribution is -2.23. The molecular weight excluding hydrogens is 246 g/mol. The molecule has 1 aliphatic rings. The van der Waals surface area contributed by atoms with Crippen molar-refractivity contribution in [2.45, 2.75) is 46.0 Å². The SMILES string of the molecule is Cc1nc(CC(=O)NN=C2CCC(C)CC2)cs1. The summed E-state index contributed by atoms with van der Waals surface area (Å²) >= 11 is 1.57. The van der Waals surface area contributed by atoms with Crippen molar-refractivity contribution < 1.29 is 4.79 Å². The number of thiazole rings is 1. The molecule has 1 amide bonds. The first-order chi connectivity index (χ1) is 8.63. The van der Waals surface area contributed by atoms with Gasteiger partial charge in [0.25, 0.3) is 0 Å². The second-order valence-corrected chi connectivity index (χ2v) is 5.99. The topological polar surface area (TPSA) is 54.4 Å². The summed E-state index contributed by atoms with van der Waals surface area (Å²) in [7, 11) is 0. The molecule has 1 saturated carbocycles. The first kappa shape index (κ1) is 13.2. The van der Waals surface area contributed by atoms with Crippen LogP contribution in [-0.2, 0) is 11.2 Å². The van der Waals surface area contributed by atoms with Crippen molar-refractivity contribution in [1.82, 2.24) is 10.4 Å². The van der Waals surface area contributed by atoms with Gasteiger partial charge in [0.2, 0.25) is 5.91 Å². The molecule has 98 valence electrons. The summed E-state index contributed by atoms with van der Waals surface area (Å²) in [4.78, 5) is 15.9. The van der Waals surface area contributed by atoms with Crippen LogP contribution >= 0.6 is 11.3 Å². The van der Waals surface area contributed by atoms with Gasteiger partial charge in [-0.15, -0.1) is 11.3 Å². The van der Waals surface area contributed by atoms with Crippen molar-refractivity contribution in [3.05, 3.63) is 16.1 Å². The van der Waals surface area contributed by atoms with Crippen LogP contribution in [0.4, 0.5) is 0 Å². The molecule has 1 aliphatic carbocycles. The molecule has 0 radical (unpaired) electrons. The highest BCUT2D eigenvalue weighted by Crippen LogP contribution is 2.20. The van der Waals surface area contributed by atoms with Crippen LogP contribution in [0, 0.1) is 12.8 Å². The highest BCUT2D eigenvalue weighted by molar-refractivity contribution is 7.09. The van der Waals surface area contributed by atoms with Gasteiger partial charge in [0.1, 0.15) is 0 Å². The number of amides is 1. The summed E-state index contributed by atoms with van der Waals surface area (Å²) in [6.45, 7) is 4.20. The van der Waals surface area contributed by atoms with Crippen LogP contribution < -0.4 is 5.43 Å². The number of rotatable bonds is 3. The minimum Gasteiger partial charge on any atom is -0.273 e. The molecule has 5 heteroatoms. The van der Waals surface area contributed by atoms with Crippen LogP contribution in [0.25, 0.3) is 0 Å². The lowest BCUT2D eigenvalue weighted by molar-refractivity contribution is -0.120. The van der Waals surface area contributed by atoms with Gasteiger partial charge < -0.3 is 0 Å². The van der Waals surface area contributed by atoms with E-state index in [0.29, 0.717) is 6.42 Å². The van der Waals surface area contributed by atoms with E-state index in [1.165, 1.54) is 12.8 Å². The van der Waals surface area contributed by atoms with Crippen LogP contribution in [0.15, 0.2) is 10.5 Å². The number of carbonyl (C=O) groups excluding carboxylic acids is 1. The van der Waals surface area contributed by atoms with E-state index in [-0.39, 0.29) is 5.91 Å². The van der Waals surface area contributed by atoms with E-state index in [4.69, 9.17) is 0 Å². The van der Waals surface area contributed by atoms with Crippen molar-refractivity contribution in [3.63, 3.8) is 0 Å². The molecule has 0 unspecified atom stereocenters. The van der Waals surface area contributed by atoms with Gasteiger partial charge in [0, 0.05) is 11.1 Å². The predicted octanol–water partition coefficient (Wildman–Crippen LogP) is 2.68. The molecule has 0 bridgehead atoms. The standard InChI is InChI=1S/C13H19N3OS/c1-9-3-5-11(6-4-9)15-16-13(17)7-12-8-18-10(2)14-12/h8-9H,3-7H2,1-2H3,(H,16,17). The summed E-state index contributed by atoms with van der Waals surface area (Å²) in [5.41, 5.74) is 4.59. The molecule has 0 aliphatic heterocycles. The third-order valence-electron chi connectivity index (χ3n) is 3.20. The number of aryl methyl sites for hydroxylation is 1. The molecule has 1 N–H and O–H groups in total. The number of hydrazone groups is 1. The average molecular weight is 265 g/mol. The maximum atomic E-state index is 11.7. The molecule has 1 heterocycles. The van der Waals surface area contributed by atoms with E-state index in [1.54, 1.807) is 11.3 Å². The number of nitrogens with zero attached hydrogens (tertiary/aromatic N) is 2. The molecule has 18 heavy (non-hydrogen) atoms. The molecule has 1 fully saturated rings. The summed E-state index contributed by atoms with van der Waals surface area (Å²) in [6.07, 6.45) is 4.70. The molecule has 0 saturated heterocycles. The van der Waals surface area contributed by atoms with Crippen molar-refractivity contribution in [3.8, 4) is 0 Å². The maximum absolute atomic E-state index is 11.7. The fourth-order valence-electron chi connectivity index (χ4n) is 2.04. The molecule has 1 aromatic heterocycles. The Bertz CT molecular complexity index is 443. The Balaban J connectivity index is 1.79. The highest BCUT2D eigenvalue weighted by Gasteiger charge is 2.14. The van der Waals surface area contributed by atoms with Crippen LogP contribution in [-0.4, -0.2) is 16.6 Å². The Labute approximate surface area is 112 Å². The fraction of sp³-hybridized carbons (Fsp3) is 0.615. The van der Waals surface area contributed by atoms with Crippen molar-refractivity contribution in [2.75, 3.05) is 0 Å². The fourth-order valence-corrected chi connectivity index (χ4v) is 2.65. The quantitative estimate of drug-likeness (QED) is 0.854. The van der Waals surface area contributed by atoms with Crippen LogP contribution in [0.3, 0.4) is 0 Å². The lowest BCUT2D eigenvalue weighted by atomic mass is 9.90. The normalized spacial score (nSPS) is 19.7. The predicted molar refractivity (Wildman–Crippen MR) is 73.8 cm³/mol. The number of carbonyl (C=O) groups is 1. The zero-order valence-corrected chi connectivity index (χ0v) is 11.7. The van der Waals surface area contributed by atoms with Crippen LogP contribution in [0.1, 0.15) is 43.3 Å². The lowest BCUT2D eigenvalue weighted by Gasteiger charge is -2.18. The Morgan fingerprint density at radius 2 is 2.28 bits per heavy atom. The Kier molecular flexibility index (Phi) is 4.47. The van der Waals surface area contributed by atoms with Crippen LogP contribution in [0.2, 0.25) is 0 Å². The molecule has 1 aromatic rings. The van der Waals surface area contributed by atoms with E-state index >= 15 is 0 Å². The monoisotopic (exact) mass is 265 g/mol. The molecule has 0 aromatic carbocycles. The van der Waals surface area contributed by atoms with Gasteiger partial charge in [-0.25, -0.2) is 10.4 Å². The van der Waals surface area contributed by atoms with Crippen molar-refractivity contribution in [1.29, 1.82) is 0 Å². The minimum absolute atomic E-state index is 0.0774. The van der Waals surface area contributed by atoms with Gasteiger partial charge in [-0.05, 0) is 38.5 Å². The van der Waals surface area contributed by atoms with Gasteiger partial charge in [0.05, 0.1) is 17.1 Å². The number of nitrogens with one attached hydrogen (secondary N) is 1. The van der Waals surface area contributed by atoms with Gasteiger partial charge >= 0.3 is 0 Å². The smallest absolute Gasteiger partial charge is 0.246 e. The van der Waals surface area contributed by atoms with E-state index in [2.05, 4.69) is 22.4 Å². The summed E-state index contributed by atoms with van der Waals surface area (Å²) in [5, 5.41) is 7.13. The summed E-state index contributed by atoms with van der Waals surface area (Å²) < 4.78 is 0. The number of hydrogen-bond donors (Lipinski definition) is 1. The Morgan fingerprint density at radius 3 is 2.89 bits per heavy atom. The zero-order valence-electron chi connectivity index (χ0n) is 10.9. The Hall–Kier alpha value is -1.23. The third kappa shape index (κ3) is 3.91. The zero-order chi connectivity index (χ0) is 13.0. The molecule has 0 spiro atoms. The third-order valence-corrected chi connectivity index (χ3v) is 4.02. The van der Waals surface area contributed by atoms with E-state index in [9.17, 15) is 4.79 Å². The second kappa shape index (κ2) is 6.09. The molecule has 0 atom stereocenters. The van der Waals surface area contributed by atoms with E-state index < -0.39 is 0 Å². The maximum Gasteiger partial charge on any atom is 0.246 e. The van der Waals surface area contributed by atoms with E-state index in [0.717, 1.165) is 35.2 Å². The summed E-state index contributed by atoms with van der Waals surface area (Å²) in [5.74, 6) is 0.712. The first-order valence-corrected chi connectivity index (χ1v) is 7.26. The molecule has 4 nitrogen and oxygen atoms in total. The van der Waals surface area contributed by atoms with Gasteiger partial charge in [0.15, 0.2) is 0 Å². The second-order valence-electron chi connectivity index (χ2n) is 4.93. The summed E-state index contributed by atoms with van der Waals surface area (Å²) in [6, 6.07) is 0. The largest absolute Gasteiger partial charge is 0.273 e. The molecular formula is C13H19N3OS. The van der Waals surface area contributed by atoms with Crippen molar-refractivity contribution in [2.24, 2.45) is 11.0 Å². The number of aromatic nitrogens is 1. The first-order valence-electron chi connectivity index (χ1n) is 6.39. The van der Waals surface area contributed by atoms with Gasteiger partial charge in [-0.3, -0.25) is 4.79 Å². The average Bonchev–Trinajstić information content (AvgIpc) is 2.74. The van der Waals surface area contributed by atoms with Crippen LogP contribution in [0.5, 0.6) is 0 Å². The van der Waals surface area contributed by atoms with Gasteiger partial charge in [-0.1, -0.05) is 6.92 Å². The molecule has 2 rings (SSSR count). The van der Waals surface area contributed by atoms with E-state index in [1.807, 2.05) is 12.3 Å². The number of hydrogen-bond acceptors (Lipinski definition) is 4. The highest BCUT2D eigenvalue weighted by atomic mass is 32.1.